The molecule has 124 valence electrons. The van der Waals surface area contributed by atoms with Crippen LogP contribution in [0.1, 0.15) is 29.3 Å². The molecule has 0 radical (unpaired) electrons. The van der Waals surface area contributed by atoms with Crippen molar-refractivity contribution in [3.8, 4) is 0 Å². The zero-order chi connectivity index (χ0) is 16.9. The van der Waals surface area contributed by atoms with Gasteiger partial charge in [-0.25, -0.2) is 4.98 Å². The molecular formula is C16H13F3N4O. The number of nitrogens with one attached hydrogen (secondary N) is 1. The summed E-state index contributed by atoms with van der Waals surface area (Å²) in [6, 6.07) is 7.53. The van der Waals surface area contributed by atoms with E-state index < -0.39 is 17.6 Å². The van der Waals surface area contributed by atoms with Gasteiger partial charge in [-0.15, -0.1) is 0 Å². The molecule has 1 atom stereocenters. The molecule has 5 nitrogen and oxygen atoms in total. The largest absolute Gasteiger partial charge is 0.461 e. The first-order valence-electron chi connectivity index (χ1n) is 7.40. The van der Waals surface area contributed by atoms with Crippen LogP contribution in [0.4, 0.5) is 24.9 Å². The van der Waals surface area contributed by atoms with E-state index in [1.807, 2.05) is 24.3 Å². The highest BCUT2D eigenvalue weighted by atomic mass is 19.4. The number of anilines is 2. The van der Waals surface area contributed by atoms with E-state index in [1.54, 1.807) is 0 Å². The summed E-state index contributed by atoms with van der Waals surface area (Å²) in [6.07, 6.45) is -2.36. The SMILES string of the molecule is Nc1nc(N[C@H]2CCc3oc4ccccc4c32)ncc1C(F)(F)F. The number of fused-ring (bicyclic) bond motifs is 3. The van der Waals surface area contributed by atoms with Crippen molar-refractivity contribution in [1.29, 1.82) is 0 Å². The first kappa shape index (κ1) is 14.8. The average Bonchev–Trinajstić information content (AvgIpc) is 3.06. The molecule has 24 heavy (non-hydrogen) atoms. The smallest absolute Gasteiger partial charge is 0.421 e. The number of para-hydroxylation sites is 1. The van der Waals surface area contributed by atoms with Gasteiger partial charge in [-0.1, -0.05) is 18.2 Å². The minimum atomic E-state index is -4.57. The fourth-order valence-electron chi connectivity index (χ4n) is 3.09. The van der Waals surface area contributed by atoms with Crippen molar-refractivity contribution in [2.45, 2.75) is 25.1 Å². The van der Waals surface area contributed by atoms with Gasteiger partial charge in [0.1, 0.15) is 22.7 Å². The number of halogens is 3. The Kier molecular flexibility index (Phi) is 3.16. The van der Waals surface area contributed by atoms with Crippen LogP contribution in [0.2, 0.25) is 0 Å². The molecular weight excluding hydrogens is 321 g/mol. The number of nitrogens with two attached hydrogens (primary N) is 1. The Balaban J connectivity index is 1.65. The average molecular weight is 334 g/mol. The minimum absolute atomic E-state index is 0.0728. The lowest BCUT2D eigenvalue weighted by molar-refractivity contribution is -0.137. The lowest BCUT2D eigenvalue weighted by atomic mass is 10.1. The van der Waals surface area contributed by atoms with Gasteiger partial charge >= 0.3 is 6.18 Å². The first-order chi connectivity index (χ1) is 11.4. The van der Waals surface area contributed by atoms with Crippen molar-refractivity contribution in [2.75, 3.05) is 11.1 Å². The minimum Gasteiger partial charge on any atom is -0.461 e. The zero-order valence-corrected chi connectivity index (χ0v) is 12.4. The number of benzene rings is 1. The van der Waals surface area contributed by atoms with Crippen LogP contribution < -0.4 is 11.1 Å². The van der Waals surface area contributed by atoms with Gasteiger partial charge in [-0.2, -0.15) is 18.2 Å². The molecule has 2 aromatic heterocycles. The third-order valence-electron chi connectivity index (χ3n) is 4.15. The van der Waals surface area contributed by atoms with E-state index >= 15 is 0 Å². The summed E-state index contributed by atoms with van der Waals surface area (Å²) in [7, 11) is 0. The second kappa shape index (κ2) is 5.12. The van der Waals surface area contributed by atoms with Crippen molar-refractivity contribution in [2.24, 2.45) is 0 Å². The van der Waals surface area contributed by atoms with E-state index in [9.17, 15) is 13.2 Å². The van der Waals surface area contributed by atoms with Crippen LogP contribution in [0.25, 0.3) is 11.0 Å². The van der Waals surface area contributed by atoms with Crippen molar-refractivity contribution in [3.05, 3.63) is 47.3 Å². The van der Waals surface area contributed by atoms with Gasteiger partial charge in [-0.3, -0.25) is 0 Å². The zero-order valence-electron chi connectivity index (χ0n) is 12.4. The maximum atomic E-state index is 12.7. The highest BCUT2D eigenvalue weighted by Crippen LogP contribution is 2.40. The fraction of sp³-hybridized carbons (Fsp3) is 0.250. The van der Waals surface area contributed by atoms with Gasteiger partial charge in [0, 0.05) is 23.6 Å². The number of hydrogen-bond acceptors (Lipinski definition) is 5. The van der Waals surface area contributed by atoms with Gasteiger partial charge in [0.2, 0.25) is 5.95 Å². The van der Waals surface area contributed by atoms with Gasteiger partial charge < -0.3 is 15.5 Å². The Morgan fingerprint density at radius 2 is 2.04 bits per heavy atom. The first-order valence-corrected chi connectivity index (χ1v) is 7.40. The quantitative estimate of drug-likeness (QED) is 0.743. The summed E-state index contributed by atoms with van der Waals surface area (Å²) >= 11 is 0. The number of hydrogen-bond donors (Lipinski definition) is 2. The summed E-state index contributed by atoms with van der Waals surface area (Å²) in [4.78, 5) is 7.50. The Hall–Kier alpha value is -2.77. The number of aryl methyl sites for hydroxylation is 1. The Morgan fingerprint density at radius 1 is 1.25 bits per heavy atom. The second-order valence-corrected chi connectivity index (χ2v) is 5.66. The Labute approximate surface area is 134 Å². The summed E-state index contributed by atoms with van der Waals surface area (Å²) < 4.78 is 44.0. The standard InChI is InChI=1S/C16H13F3N4O/c17-16(18,19)9-7-21-15(23-14(9)20)22-10-5-6-12-13(10)8-3-1-2-4-11(8)24-12/h1-4,7,10H,5-6H2,(H3,20,21,22,23)/t10-/m0/s1. The highest BCUT2D eigenvalue weighted by molar-refractivity contribution is 5.83. The van der Waals surface area contributed by atoms with Crippen LogP contribution in [-0.4, -0.2) is 9.97 Å². The molecule has 0 fully saturated rings. The second-order valence-electron chi connectivity index (χ2n) is 5.66. The predicted molar refractivity (Wildman–Crippen MR) is 82.3 cm³/mol. The monoisotopic (exact) mass is 334 g/mol. The lowest BCUT2D eigenvalue weighted by Gasteiger charge is -2.15. The third-order valence-corrected chi connectivity index (χ3v) is 4.15. The Bertz CT molecular complexity index is 919. The molecule has 0 bridgehead atoms. The molecule has 1 aliphatic carbocycles. The summed E-state index contributed by atoms with van der Waals surface area (Å²) in [5.74, 6) is 0.368. The van der Waals surface area contributed by atoms with Crippen LogP contribution in [-0.2, 0) is 12.6 Å². The van der Waals surface area contributed by atoms with Crippen LogP contribution in [0.3, 0.4) is 0 Å². The van der Waals surface area contributed by atoms with Gasteiger partial charge in [0.05, 0.1) is 6.04 Å². The lowest BCUT2D eigenvalue weighted by Crippen LogP contribution is -2.15. The van der Waals surface area contributed by atoms with E-state index in [-0.39, 0.29) is 12.0 Å². The maximum Gasteiger partial charge on any atom is 0.421 e. The van der Waals surface area contributed by atoms with Crippen LogP contribution in [0.15, 0.2) is 34.9 Å². The predicted octanol–water partition coefficient (Wildman–Crippen LogP) is 3.92. The molecule has 3 N–H and O–H groups in total. The fourth-order valence-corrected chi connectivity index (χ4v) is 3.09. The molecule has 2 heterocycles. The topological polar surface area (TPSA) is 77.0 Å². The third kappa shape index (κ3) is 2.34. The molecule has 0 saturated heterocycles. The number of nitrogens with zero attached hydrogens (tertiary/aromatic N) is 2. The number of furan rings is 1. The van der Waals surface area contributed by atoms with E-state index in [0.29, 0.717) is 6.20 Å². The summed E-state index contributed by atoms with van der Waals surface area (Å²) in [5, 5.41) is 4.05. The van der Waals surface area contributed by atoms with Crippen molar-refractivity contribution >= 4 is 22.7 Å². The molecule has 0 unspecified atom stereocenters. The molecule has 0 saturated carbocycles. The molecule has 0 amide bonds. The number of aromatic nitrogens is 2. The van der Waals surface area contributed by atoms with Crippen LogP contribution >= 0.6 is 0 Å². The molecule has 1 aromatic carbocycles. The molecule has 4 rings (SSSR count). The van der Waals surface area contributed by atoms with Gasteiger partial charge in [-0.05, 0) is 12.5 Å². The highest BCUT2D eigenvalue weighted by Gasteiger charge is 2.35. The van der Waals surface area contributed by atoms with E-state index in [4.69, 9.17) is 10.2 Å². The molecule has 8 heteroatoms. The number of alkyl halides is 3. The van der Waals surface area contributed by atoms with Crippen molar-refractivity contribution in [3.63, 3.8) is 0 Å². The molecule has 0 spiro atoms. The molecule has 0 aliphatic heterocycles. The van der Waals surface area contributed by atoms with E-state index in [1.165, 1.54) is 0 Å². The molecule has 3 aromatic rings. The summed E-state index contributed by atoms with van der Waals surface area (Å²) in [5.41, 5.74) is 6.18. The number of nitrogen functional groups attached to an aromatic ring is 1. The maximum absolute atomic E-state index is 12.7. The van der Waals surface area contributed by atoms with Crippen LogP contribution in [0, 0.1) is 0 Å². The van der Waals surface area contributed by atoms with Crippen LogP contribution in [0.5, 0.6) is 0 Å². The Morgan fingerprint density at radius 3 is 2.79 bits per heavy atom. The van der Waals surface area contributed by atoms with Crippen molar-refractivity contribution in [1.82, 2.24) is 9.97 Å². The number of rotatable bonds is 2. The van der Waals surface area contributed by atoms with Crippen molar-refractivity contribution < 1.29 is 17.6 Å². The van der Waals surface area contributed by atoms with E-state index in [2.05, 4.69) is 15.3 Å². The van der Waals surface area contributed by atoms with Gasteiger partial charge in [0.15, 0.2) is 0 Å². The normalized spacial score (nSPS) is 17.2. The van der Waals surface area contributed by atoms with Gasteiger partial charge in [0.25, 0.3) is 0 Å². The molecule has 1 aliphatic rings. The van der Waals surface area contributed by atoms with E-state index in [0.717, 1.165) is 35.1 Å². The summed E-state index contributed by atoms with van der Waals surface area (Å²) in [6.45, 7) is 0.